The van der Waals surface area contributed by atoms with E-state index >= 15 is 9.59 Å². The molecule has 101 heavy (non-hydrogen) atoms. The number of carbonyl (C=O) groups is 13. The molecule has 29 heteroatoms. The highest BCUT2D eigenvalue weighted by atomic mass is 32.1. The van der Waals surface area contributed by atoms with Crippen molar-refractivity contribution < 1.29 is 101 Å². The molecule has 4 aromatic rings. The summed E-state index contributed by atoms with van der Waals surface area (Å²) in [4.78, 5) is 178. The predicted molar refractivity (Wildman–Crippen MR) is 360 cm³/mol. The normalized spacial score (nSPS) is 24.7. The zero-order valence-electron chi connectivity index (χ0n) is 56.9. The van der Waals surface area contributed by atoms with Gasteiger partial charge in [0, 0.05) is 68.0 Å². The van der Waals surface area contributed by atoms with Crippen LogP contribution in [-0.4, -0.2) is 166 Å². The van der Waals surface area contributed by atoms with E-state index in [-0.39, 0.29) is 72.9 Å². The number of fused-ring (bicyclic) bond motifs is 5. The Balaban J connectivity index is 0.995. The molecular formula is C72H85N7O21S. The average Bonchev–Trinajstić information content (AvgIpc) is 0.749. The topological polar surface area (TPSA) is 430 Å². The first-order chi connectivity index (χ1) is 47.8. The Hall–Kier alpha value is -9.97. The van der Waals surface area contributed by atoms with Crippen molar-refractivity contribution in [2.24, 2.45) is 28.2 Å². The molecule has 2 saturated carbocycles. The third kappa shape index (κ3) is 17.6. The van der Waals surface area contributed by atoms with Crippen LogP contribution in [0, 0.1) is 16.7 Å². The van der Waals surface area contributed by atoms with Crippen molar-refractivity contribution in [2.45, 2.75) is 178 Å². The summed E-state index contributed by atoms with van der Waals surface area (Å²) in [6.45, 7) is 8.94. The number of nitrogens with one attached hydrogen (secondary N) is 5. The lowest BCUT2D eigenvalue weighted by Crippen LogP contribution is -2.82. The summed E-state index contributed by atoms with van der Waals surface area (Å²) in [5.74, 6) is -13.2. The van der Waals surface area contributed by atoms with Gasteiger partial charge in [-0.25, -0.2) is 9.59 Å². The highest BCUT2D eigenvalue weighted by molar-refractivity contribution is 7.10. The molecule has 2 bridgehead atoms. The van der Waals surface area contributed by atoms with E-state index in [2.05, 4.69) is 26.6 Å². The zero-order valence-corrected chi connectivity index (χ0v) is 57.7. The van der Waals surface area contributed by atoms with E-state index in [0.717, 1.165) is 18.7 Å². The molecule has 2 unspecified atom stereocenters. The summed E-state index contributed by atoms with van der Waals surface area (Å²) >= 11 is 1.40. The Kier molecular flexibility index (Phi) is 25.1. The lowest BCUT2D eigenvalue weighted by Gasteiger charge is -2.67. The second-order valence-corrected chi connectivity index (χ2v) is 27.2. The Bertz CT molecular complexity index is 3830. The number of aliphatic hydroxyl groups excluding tert-OH is 1. The van der Waals surface area contributed by atoms with Gasteiger partial charge < -0.3 is 76.7 Å². The summed E-state index contributed by atoms with van der Waals surface area (Å²) in [7, 11) is 0. The SMILES string of the molecule is CC(=O)O[C@H]1C(=O)[C@@]2(C)[C@H]([C@H](OC(=O)c3ccccc3)[C@]3(O)C[C@H](OC(=O)[C@H](OC(=O)CCC(=O)NCCCCC(NC(=O)CC[C@H](NC(=O)C(C)NC(=O)/C=C/c4cccs4)C(N)=O)C(N)=O)[C@H](NC(=O)c4ccccc4)c4ccccc4)C(C)=C1C3(C)C)[C@]1(OC(C)=O)CO[C@@H]1C[C@@H]2O. The molecule has 7 amide bonds. The summed E-state index contributed by atoms with van der Waals surface area (Å²) < 4.78 is 37.0. The standard InChI is InChI=1S/C72H85N7O21S/c1-39-49(37-72(94)62(99-67(92)45-24-15-10-16-25-45)60-70(7,50(82)36-51-71(60,38-95-51)100-42(4)81)61(87)58(96-41(3)80)56(39)69(72,5)6)97-68(93)59(57(43-20-11-8-12-21-43)79-66(91)44-22-13-9-14-23-44)98-55(86)33-32-52(83)75-34-18-17-27-47(63(73)88)77-54(85)31-29-48(64(74)89)78-65(90)40(2)76-53(84)30-28-46-26-19-35-101-46/h8-16,19-26,28,30,35,40,47-51,57-60,62,82,94H,17-18,27,29,31-34,36-38H2,1-7H3,(H2,73,88)(H2,74,89)(H,75,83)(H,76,84)(H,77,85)(H,78,90)(H,79,91)/b30-28+/t40?,47?,48-,49-,50-,51+,57+,58+,59+,60-,62-,70+,71-,72+/m0/s1. The van der Waals surface area contributed by atoms with E-state index in [0.29, 0.717) is 0 Å². The quantitative estimate of drug-likeness (QED) is 0.0119. The summed E-state index contributed by atoms with van der Waals surface area (Å²) in [5, 5.41) is 41.1. The van der Waals surface area contributed by atoms with E-state index in [1.54, 1.807) is 72.8 Å². The molecular weight excluding hydrogens is 1330 g/mol. The molecule has 540 valence electrons. The number of aliphatic hydroxyl groups is 2. The van der Waals surface area contributed by atoms with Crippen molar-refractivity contribution >= 4 is 94.4 Å². The number of rotatable bonds is 30. The molecule has 3 fully saturated rings. The van der Waals surface area contributed by atoms with Crippen LogP contribution in [0.3, 0.4) is 0 Å². The first kappa shape index (κ1) is 76.8. The van der Waals surface area contributed by atoms with E-state index in [1.807, 2.05) is 5.38 Å². The van der Waals surface area contributed by atoms with Gasteiger partial charge in [-0.1, -0.05) is 86.6 Å². The highest BCUT2D eigenvalue weighted by Crippen LogP contribution is 2.64. The van der Waals surface area contributed by atoms with Gasteiger partial charge in [-0.05, 0) is 105 Å². The second kappa shape index (κ2) is 33.0. The maximum atomic E-state index is 15.9. The number of thiophene rings is 1. The lowest BCUT2D eigenvalue weighted by molar-refractivity contribution is -0.346. The fourth-order valence-electron chi connectivity index (χ4n) is 13.8. The minimum atomic E-state index is -2.57. The number of carbonyl (C=O) groups excluding carboxylic acids is 13. The molecule has 3 aliphatic carbocycles. The number of unbranched alkanes of at least 4 members (excludes halogenated alkanes) is 1. The van der Waals surface area contributed by atoms with Gasteiger partial charge in [0.1, 0.15) is 48.1 Å². The van der Waals surface area contributed by atoms with Crippen LogP contribution >= 0.6 is 11.3 Å². The molecule has 11 N–H and O–H groups in total. The van der Waals surface area contributed by atoms with Crippen LogP contribution in [0.5, 0.6) is 0 Å². The summed E-state index contributed by atoms with van der Waals surface area (Å²) in [5.41, 5.74) is 2.91. The lowest BCUT2D eigenvalue weighted by atomic mass is 9.44. The number of primary amides is 2. The third-order valence-electron chi connectivity index (χ3n) is 19.2. The second-order valence-electron chi connectivity index (χ2n) is 26.3. The fraction of sp³-hybridized carbons (Fsp3) is 0.458. The predicted octanol–water partition coefficient (Wildman–Crippen LogP) is 3.35. The Labute approximate surface area is 586 Å². The van der Waals surface area contributed by atoms with Crippen LogP contribution in [0.1, 0.15) is 143 Å². The third-order valence-corrected chi connectivity index (χ3v) is 20.0. The monoisotopic (exact) mass is 1420 g/mol. The number of nitrogens with two attached hydrogens (primary N) is 2. The summed E-state index contributed by atoms with van der Waals surface area (Å²) in [6.07, 6.45) is -10.1. The molecule has 1 aromatic heterocycles. The molecule has 28 nitrogen and oxygen atoms in total. The molecule has 8 rings (SSSR count). The molecule has 3 aromatic carbocycles. The van der Waals surface area contributed by atoms with Gasteiger partial charge >= 0.3 is 29.8 Å². The van der Waals surface area contributed by atoms with Crippen LogP contribution in [0.2, 0.25) is 0 Å². The maximum Gasteiger partial charge on any atom is 0.350 e. The number of ketones is 1. The van der Waals surface area contributed by atoms with E-state index in [9.17, 15) is 63.0 Å². The fourth-order valence-corrected chi connectivity index (χ4v) is 14.4. The highest BCUT2D eigenvalue weighted by Gasteiger charge is 2.78. The van der Waals surface area contributed by atoms with Crippen LogP contribution in [0.15, 0.2) is 126 Å². The Morgan fingerprint density at radius 1 is 0.733 bits per heavy atom. The number of hydrogen-bond acceptors (Lipinski definition) is 22. The molecule has 0 spiro atoms. The first-order valence-corrected chi connectivity index (χ1v) is 33.9. The number of Topliss-reactive ketones (excluding diaryl/α,β-unsaturated/α-hetero) is 1. The van der Waals surface area contributed by atoms with Crippen LogP contribution < -0.4 is 38.1 Å². The smallest absolute Gasteiger partial charge is 0.350 e. The maximum absolute atomic E-state index is 15.9. The van der Waals surface area contributed by atoms with E-state index in [1.165, 1.54) is 88.4 Å². The number of hydrogen-bond donors (Lipinski definition) is 9. The van der Waals surface area contributed by atoms with Crippen molar-refractivity contribution in [1.82, 2.24) is 26.6 Å². The van der Waals surface area contributed by atoms with E-state index < -0.39 is 192 Å². The number of ether oxygens (including phenoxy) is 6. The Morgan fingerprint density at radius 3 is 1.96 bits per heavy atom. The van der Waals surface area contributed by atoms with E-state index in [4.69, 9.17) is 39.9 Å². The average molecular weight is 1420 g/mol. The van der Waals surface area contributed by atoms with Crippen LogP contribution in [0.4, 0.5) is 0 Å². The van der Waals surface area contributed by atoms with Gasteiger partial charge in [-0.15, -0.1) is 11.3 Å². The van der Waals surface area contributed by atoms with Crippen molar-refractivity contribution in [1.29, 1.82) is 0 Å². The first-order valence-electron chi connectivity index (χ1n) is 33.0. The van der Waals surface area contributed by atoms with Crippen molar-refractivity contribution in [3.63, 3.8) is 0 Å². The molecule has 0 radical (unpaired) electrons. The molecule has 4 aliphatic rings. The van der Waals surface area contributed by atoms with Crippen molar-refractivity contribution in [2.75, 3.05) is 13.2 Å². The van der Waals surface area contributed by atoms with Gasteiger partial charge in [-0.3, -0.25) is 52.7 Å². The molecule has 1 saturated heterocycles. The number of esters is 5. The minimum Gasteiger partial charge on any atom is -0.455 e. The Morgan fingerprint density at radius 2 is 1.37 bits per heavy atom. The van der Waals surface area contributed by atoms with Gasteiger partial charge in [0.05, 0.1) is 36.0 Å². The number of amides is 7. The zero-order chi connectivity index (χ0) is 73.7. The van der Waals surface area contributed by atoms with Crippen LogP contribution in [-0.2, 0) is 81.2 Å². The van der Waals surface area contributed by atoms with Gasteiger partial charge in [0.15, 0.2) is 17.5 Å². The van der Waals surface area contributed by atoms with Gasteiger partial charge in [-0.2, -0.15) is 0 Å². The minimum absolute atomic E-state index is 0.00291. The molecule has 2 heterocycles. The van der Waals surface area contributed by atoms with Crippen LogP contribution in [0.25, 0.3) is 6.08 Å². The van der Waals surface area contributed by atoms with Gasteiger partial charge in [0.2, 0.25) is 41.5 Å². The number of benzene rings is 3. The van der Waals surface area contributed by atoms with Gasteiger partial charge in [0.25, 0.3) is 5.91 Å². The van der Waals surface area contributed by atoms with Crippen molar-refractivity contribution in [3.8, 4) is 0 Å². The summed E-state index contributed by atoms with van der Waals surface area (Å²) in [6, 6.07) is 21.8. The molecule has 14 atom stereocenters. The van der Waals surface area contributed by atoms with Crippen molar-refractivity contribution in [3.05, 3.63) is 147 Å². The molecule has 1 aliphatic heterocycles. The largest absolute Gasteiger partial charge is 0.455 e.